The van der Waals surface area contributed by atoms with Crippen LogP contribution in [-0.4, -0.2) is 38.3 Å². The molecule has 3 heteroatoms. The largest absolute Gasteiger partial charge is 0.497 e. The van der Waals surface area contributed by atoms with Crippen molar-refractivity contribution in [1.82, 2.24) is 4.90 Å². The third-order valence-corrected chi connectivity index (χ3v) is 5.50. The zero-order valence-electron chi connectivity index (χ0n) is 17.0. The van der Waals surface area contributed by atoms with Gasteiger partial charge >= 0.3 is 0 Å². The molecule has 0 fully saturated rings. The van der Waals surface area contributed by atoms with E-state index in [1.807, 2.05) is 0 Å². The van der Waals surface area contributed by atoms with E-state index in [0.29, 0.717) is 0 Å². The van der Waals surface area contributed by atoms with Gasteiger partial charge in [-0.3, -0.25) is 0 Å². The molecule has 0 radical (unpaired) electrons. The smallest absolute Gasteiger partial charge is 0.119 e. The van der Waals surface area contributed by atoms with Crippen LogP contribution >= 0.6 is 0 Å². The monoisotopic (exact) mass is 365 g/mol. The molecule has 0 aromatic heterocycles. The summed E-state index contributed by atoms with van der Waals surface area (Å²) in [6.45, 7) is 10.4. The summed E-state index contributed by atoms with van der Waals surface area (Å²) in [4.78, 5) is 2.37. The fraction of sp³-hybridized carbons (Fsp3) is 0.417. The van der Waals surface area contributed by atoms with E-state index in [1.54, 1.807) is 7.11 Å². The van der Waals surface area contributed by atoms with E-state index in [4.69, 9.17) is 9.47 Å². The van der Waals surface area contributed by atoms with Crippen LogP contribution in [0.1, 0.15) is 43.9 Å². The second-order valence-electron chi connectivity index (χ2n) is 6.91. The molecule has 144 valence electrons. The Labute approximate surface area is 163 Å². The first kappa shape index (κ1) is 19.5. The molecule has 1 aliphatic carbocycles. The van der Waals surface area contributed by atoms with Crippen molar-refractivity contribution in [2.24, 2.45) is 0 Å². The number of allylic oxidation sites excluding steroid dienone is 2. The fourth-order valence-corrected chi connectivity index (χ4v) is 3.86. The molecule has 27 heavy (non-hydrogen) atoms. The van der Waals surface area contributed by atoms with E-state index in [2.05, 4.69) is 68.1 Å². The van der Waals surface area contributed by atoms with Crippen molar-refractivity contribution >= 4 is 11.1 Å². The lowest BCUT2D eigenvalue weighted by Crippen LogP contribution is -2.27. The highest BCUT2D eigenvalue weighted by Crippen LogP contribution is 2.41. The molecule has 3 nitrogen and oxygen atoms in total. The molecule has 0 aliphatic heterocycles. The van der Waals surface area contributed by atoms with Gasteiger partial charge in [0.25, 0.3) is 0 Å². The summed E-state index contributed by atoms with van der Waals surface area (Å²) in [6, 6.07) is 15.0. The molecule has 0 amide bonds. The lowest BCUT2D eigenvalue weighted by molar-refractivity contribution is 0.223. The SMILES string of the molecule is CCC1=C(c2ccc(OCCN(CC)CC)cc2)Cc2cc(OC)ccc21. The van der Waals surface area contributed by atoms with E-state index in [9.17, 15) is 0 Å². The van der Waals surface area contributed by atoms with Gasteiger partial charge in [-0.25, -0.2) is 0 Å². The van der Waals surface area contributed by atoms with Crippen LogP contribution in [0, 0.1) is 0 Å². The summed E-state index contributed by atoms with van der Waals surface area (Å²) in [5.74, 6) is 1.88. The number of benzene rings is 2. The quantitative estimate of drug-likeness (QED) is 0.602. The van der Waals surface area contributed by atoms with E-state index in [1.165, 1.54) is 27.8 Å². The van der Waals surface area contributed by atoms with Crippen LogP contribution in [0.5, 0.6) is 11.5 Å². The minimum atomic E-state index is 0.731. The molecule has 0 saturated carbocycles. The number of likely N-dealkylation sites (N-methyl/N-ethyl adjacent to an activating group) is 1. The van der Waals surface area contributed by atoms with Crippen molar-refractivity contribution in [1.29, 1.82) is 0 Å². The van der Waals surface area contributed by atoms with Gasteiger partial charge in [0.1, 0.15) is 18.1 Å². The number of methoxy groups -OCH3 is 1. The zero-order valence-corrected chi connectivity index (χ0v) is 17.0. The summed E-state index contributed by atoms with van der Waals surface area (Å²) in [5, 5.41) is 0. The van der Waals surface area contributed by atoms with Gasteiger partial charge in [0, 0.05) is 6.54 Å². The highest BCUT2D eigenvalue weighted by atomic mass is 16.5. The van der Waals surface area contributed by atoms with Gasteiger partial charge in [-0.1, -0.05) is 39.0 Å². The lowest BCUT2D eigenvalue weighted by Gasteiger charge is -2.18. The van der Waals surface area contributed by atoms with Crippen molar-refractivity contribution in [3.63, 3.8) is 0 Å². The van der Waals surface area contributed by atoms with Crippen molar-refractivity contribution in [3.8, 4) is 11.5 Å². The molecule has 0 spiro atoms. The molecule has 0 heterocycles. The topological polar surface area (TPSA) is 21.7 Å². The molecular formula is C24H31NO2. The third kappa shape index (κ3) is 4.36. The molecule has 3 rings (SSSR count). The van der Waals surface area contributed by atoms with Gasteiger partial charge in [0.05, 0.1) is 7.11 Å². The molecule has 2 aromatic carbocycles. The van der Waals surface area contributed by atoms with Gasteiger partial charge in [-0.15, -0.1) is 0 Å². The minimum Gasteiger partial charge on any atom is -0.497 e. The molecule has 0 bridgehead atoms. The Morgan fingerprint density at radius 3 is 2.26 bits per heavy atom. The molecular weight excluding hydrogens is 334 g/mol. The third-order valence-electron chi connectivity index (χ3n) is 5.50. The van der Waals surface area contributed by atoms with Crippen LogP contribution in [0.4, 0.5) is 0 Å². The van der Waals surface area contributed by atoms with E-state index in [0.717, 1.165) is 50.6 Å². The van der Waals surface area contributed by atoms with Crippen molar-refractivity contribution in [3.05, 3.63) is 59.2 Å². The Morgan fingerprint density at radius 2 is 1.63 bits per heavy atom. The Bertz CT molecular complexity index is 789. The maximum Gasteiger partial charge on any atom is 0.119 e. The number of rotatable bonds is 9. The van der Waals surface area contributed by atoms with E-state index < -0.39 is 0 Å². The standard InChI is InChI=1S/C24H31NO2/c1-5-22-23-13-12-21(26-4)16-19(23)17-24(22)18-8-10-20(11-9-18)27-15-14-25(6-2)7-3/h8-13,16H,5-7,14-15,17H2,1-4H3. The van der Waals surface area contributed by atoms with Crippen LogP contribution in [0.3, 0.4) is 0 Å². The van der Waals surface area contributed by atoms with Crippen LogP contribution < -0.4 is 9.47 Å². The van der Waals surface area contributed by atoms with Crippen molar-refractivity contribution < 1.29 is 9.47 Å². The predicted molar refractivity (Wildman–Crippen MR) is 114 cm³/mol. The van der Waals surface area contributed by atoms with Crippen LogP contribution in [0.15, 0.2) is 42.5 Å². The average Bonchev–Trinajstić information content (AvgIpc) is 3.09. The molecule has 2 aromatic rings. The summed E-state index contributed by atoms with van der Waals surface area (Å²) in [6.07, 6.45) is 2.01. The van der Waals surface area contributed by atoms with Crippen LogP contribution in [0.25, 0.3) is 11.1 Å². The normalized spacial score (nSPS) is 13.2. The Hall–Kier alpha value is -2.26. The first-order valence-corrected chi connectivity index (χ1v) is 10.0. The molecule has 0 saturated heterocycles. The highest BCUT2D eigenvalue weighted by molar-refractivity contribution is 5.97. The van der Waals surface area contributed by atoms with Crippen LogP contribution in [-0.2, 0) is 6.42 Å². The van der Waals surface area contributed by atoms with Gasteiger partial charge in [-0.2, -0.15) is 0 Å². The van der Waals surface area contributed by atoms with Gasteiger partial charge in [0.15, 0.2) is 0 Å². The number of ether oxygens (including phenoxy) is 2. The molecule has 0 unspecified atom stereocenters. The highest BCUT2D eigenvalue weighted by Gasteiger charge is 2.21. The Kier molecular flexibility index (Phi) is 6.57. The Morgan fingerprint density at radius 1 is 0.926 bits per heavy atom. The minimum absolute atomic E-state index is 0.731. The van der Waals surface area contributed by atoms with Crippen molar-refractivity contribution in [2.75, 3.05) is 33.4 Å². The number of hydrogen-bond acceptors (Lipinski definition) is 3. The fourth-order valence-electron chi connectivity index (χ4n) is 3.86. The van der Waals surface area contributed by atoms with Gasteiger partial charge in [-0.05, 0) is 78.0 Å². The predicted octanol–water partition coefficient (Wildman–Crippen LogP) is 5.29. The summed E-state index contributed by atoms with van der Waals surface area (Å²) in [5.41, 5.74) is 6.89. The first-order valence-electron chi connectivity index (χ1n) is 10.0. The average molecular weight is 366 g/mol. The number of fused-ring (bicyclic) bond motifs is 1. The molecule has 0 N–H and O–H groups in total. The summed E-state index contributed by atoms with van der Waals surface area (Å²) < 4.78 is 11.3. The van der Waals surface area contributed by atoms with Crippen LogP contribution in [0.2, 0.25) is 0 Å². The maximum absolute atomic E-state index is 5.93. The van der Waals surface area contributed by atoms with Gasteiger partial charge < -0.3 is 14.4 Å². The molecule has 0 atom stereocenters. The van der Waals surface area contributed by atoms with Gasteiger partial charge in [0.2, 0.25) is 0 Å². The number of nitrogens with zero attached hydrogens (tertiary/aromatic N) is 1. The number of hydrogen-bond donors (Lipinski definition) is 0. The first-order chi connectivity index (χ1) is 13.2. The van der Waals surface area contributed by atoms with Crippen molar-refractivity contribution in [2.45, 2.75) is 33.6 Å². The summed E-state index contributed by atoms with van der Waals surface area (Å²) in [7, 11) is 1.73. The van der Waals surface area contributed by atoms with E-state index in [-0.39, 0.29) is 0 Å². The Balaban J connectivity index is 1.71. The maximum atomic E-state index is 5.93. The summed E-state index contributed by atoms with van der Waals surface area (Å²) >= 11 is 0. The second-order valence-corrected chi connectivity index (χ2v) is 6.91. The lowest BCUT2D eigenvalue weighted by atomic mass is 9.99. The zero-order chi connectivity index (χ0) is 19.2. The second kappa shape index (κ2) is 9.09. The van der Waals surface area contributed by atoms with E-state index >= 15 is 0 Å². The molecule has 1 aliphatic rings.